The second-order valence-corrected chi connectivity index (χ2v) is 6.77. The van der Waals surface area contributed by atoms with E-state index >= 15 is 0 Å². The van der Waals surface area contributed by atoms with E-state index in [0.29, 0.717) is 19.4 Å². The van der Waals surface area contributed by atoms with Gasteiger partial charge in [-0.1, -0.05) is 19.8 Å². The zero-order valence-corrected chi connectivity index (χ0v) is 12.3. The second-order valence-electron chi connectivity index (χ2n) is 3.63. The molecule has 0 rings (SSSR count). The molecule has 0 amide bonds. The molecule has 0 saturated carbocycles. The zero-order chi connectivity index (χ0) is 14.7. The van der Waals surface area contributed by atoms with Crippen LogP contribution in [0.3, 0.4) is 0 Å². The summed E-state index contributed by atoms with van der Waals surface area (Å²) < 4.78 is 61.1. The number of hydrogen-bond donors (Lipinski definition) is 2. The van der Waals surface area contributed by atoms with E-state index in [9.17, 15) is 16.8 Å². The van der Waals surface area contributed by atoms with Crippen LogP contribution < -0.4 is 0 Å². The van der Waals surface area contributed by atoms with Crippen LogP contribution in [0.4, 0.5) is 0 Å². The lowest BCUT2D eigenvalue weighted by atomic mass is 10.3. The first-order valence-electron chi connectivity index (χ1n) is 5.51. The molecule has 0 aliphatic rings. The molecule has 0 radical (unpaired) electrons. The molecule has 2 N–H and O–H groups in total. The average Bonchev–Trinajstić information content (AvgIpc) is 2.16. The van der Waals surface area contributed by atoms with Crippen LogP contribution >= 0.6 is 0 Å². The predicted molar refractivity (Wildman–Crippen MR) is 68.8 cm³/mol. The molecular formula is C9H22O7S2. The van der Waals surface area contributed by atoms with Crippen molar-refractivity contribution < 1.29 is 30.7 Å². The lowest BCUT2D eigenvalue weighted by Crippen LogP contribution is -2.05. The molecule has 0 aliphatic heterocycles. The molecule has 0 atom stereocenters. The van der Waals surface area contributed by atoms with E-state index in [1.165, 1.54) is 7.11 Å². The van der Waals surface area contributed by atoms with E-state index in [-0.39, 0.29) is 11.5 Å². The van der Waals surface area contributed by atoms with Gasteiger partial charge in [0.1, 0.15) is 0 Å². The number of hydrogen-bond acceptors (Lipinski definition) is 5. The van der Waals surface area contributed by atoms with Crippen molar-refractivity contribution in [1.82, 2.24) is 0 Å². The molecule has 0 aromatic heterocycles. The van der Waals surface area contributed by atoms with Crippen molar-refractivity contribution in [1.29, 1.82) is 0 Å². The summed E-state index contributed by atoms with van der Waals surface area (Å²) in [5, 5.41) is 0. The summed E-state index contributed by atoms with van der Waals surface area (Å²) in [5.74, 6) is -0.318. The normalized spacial score (nSPS) is 11.8. The Labute approximate surface area is 109 Å². The Morgan fingerprint density at radius 1 is 0.889 bits per heavy atom. The van der Waals surface area contributed by atoms with Gasteiger partial charge in [-0.15, -0.1) is 0 Å². The van der Waals surface area contributed by atoms with E-state index in [1.807, 2.05) is 6.92 Å². The SMILES string of the molecule is CCCCCS(=O)(=O)O.COCCCS(=O)(=O)O. The van der Waals surface area contributed by atoms with Crippen molar-refractivity contribution in [2.75, 3.05) is 25.2 Å². The van der Waals surface area contributed by atoms with Crippen LogP contribution in [0, 0.1) is 0 Å². The van der Waals surface area contributed by atoms with Crippen LogP contribution in [0.1, 0.15) is 32.6 Å². The minimum absolute atomic E-state index is 0.0964. The van der Waals surface area contributed by atoms with Gasteiger partial charge in [-0.3, -0.25) is 9.11 Å². The first-order valence-corrected chi connectivity index (χ1v) is 8.73. The molecule has 0 fully saturated rings. The van der Waals surface area contributed by atoms with Gasteiger partial charge in [0, 0.05) is 13.7 Å². The Morgan fingerprint density at radius 2 is 1.33 bits per heavy atom. The highest BCUT2D eigenvalue weighted by molar-refractivity contribution is 7.86. The standard InChI is InChI=1S/C5H12O3S.C4H10O4S/c1-2-3-4-5-9(6,7)8;1-8-3-2-4-9(5,6)7/h2-5H2,1H3,(H,6,7,8);2-4H2,1H3,(H,5,6,7). The van der Waals surface area contributed by atoms with Crippen molar-refractivity contribution >= 4 is 20.2 Å². The summed E-state index contributed by atoms with van der Waals surface area (Å²) in [4.78, 5) is 0. The van der Waals surface area contributed by atoms with Crippen LogP contribution in [-0.2, 0) is 25.0 Å². The molecule has 0 aliphatic carbocycles. The fourth-order valence-corrected chi connectivity index (χ4v) is 1.97. The monoisotopic (exact) mass is 306 g/mol. The van der Waals surface area contributed by atoms with Gasteiger partial charge in [-0.05, 0) is 12.8 Å². The molecular weight excluding hydrogens is 284 g/mol. The van der Waals surface area contributed by atoms with Gasteiger partial charge in [0.2, 0.25) is 0 Å². The molecule has 112 valence electrons. The third-order valence-corrected chi connectivity index (χ3v) is 3.37. The number of rotatable bonds is 8. The Bertz CT molecular complexity index is 334. The Kier molecular flexibility index (Phi) is 11.9. The van der Waals surface area contributed by atoms with Gasteiger partial charge in [-0.2, -0.15) is 16.8 Å². The van der Waals surface area contributed by atoms with E-state index in [4.69, 9.17) is 9.11 Å². The zero-order valence-electron chi connectivity index (χ0n) is 10.7. The molecule has 0 spiro atoms. The lowest BCUT2D eigenvalue weighted by molar-refractivity contribution is 0.199. The van der Waals surface area contributed by atoms with Gasteiger partial charge >= 0.3 is 0 Å². The van der Waals surface area contributed by atoms with Crippen LogP contribution in [0.25, 0.3) is 0 Å². The van der Waals surface area contributed by atoms with Crippen molar-refractivity contribution in [2.45, 2.75) is 32.6 Å². The average molecular weight is 306 g/mol. The van der Waals surface area contributed by atoms with Crippen LogP contribution in [0.15, 0.2) is 0 Å². The molecule has 0 aromatic carbocycles. The van der Waals surface area contributed by atoms with Crippen LogP contribution in [0.2, 0.25) is 0 Å². The van der Waals surface area contributed by atoms with Crippen molar-refractivity contribution in [3.05, 3.63) is 0 Å². The molecule has 0 unspecified atom stereocenters. The first-order chi connectivity index (χ1) is 8.12. The van der Waals surface area contributed by atoms with Crippen molar-refractivity contribution in [3.8, 4) is 0 Å². The van der Waals surface area contributed by atoms with E-state index in [0.717, 1.165) is 12.8 Å². The first kappa shape index (κ1) is 20.1. The molecule has 0 heterocycles. The van der Waals surface area contributed by atoms with E-state index in [1.54, 1.807) is 0 Å². The minimum atomic E-state index is -3.78. The quantitative estimate of drug-likeness (QED) is 0.506. The van der Waals surface area contributed by atoms with Gasteiger partial charge in [-0.25, -0.2) is 0 Å². The van der Waals surface area contributed by atoms with Gasteiger partial charge < -0.3 is 4.74 Å². The van der Waals surface area contributed by atoms with E-state index in [2.05, 4.69) is 4.74 Å². The maximum atomic E-state index is 10.1. The predicted octanol–water partition coefficient (Wildman–Crippen LogP) is 0.975. The fraction of sp³-hybridized carbons (Fsp3) is 1.00. The molecule has 9 heteroatoms. The van der Waals surface area contributed by atoms with Crippen molar-refractivity contribution in [2.24, 2.45) is 0 Å². The number of methoxy groups -OCH3 is 1. The van der Waals surface area contributed by atoms with Gasteiger partial charge in [0.15, 0.2) is 0 Å². The molecule has 18 heavy (non-hydrogen) atoms. The summed E-state index contributed by atoms with van der Waals surface area (Å²) >= 11 is 0. The largest absolute Gasteiger partial charge is 0.385 e. The number of unbranched alkanes of at least 4 members (excludes halogenated alkanes) is 2. The topological polar surface area (TPSA) is 118 Å². The smallest absolute Gasteiger partial charge is 0.264 e. The Balaban J connectivity index is 0. The number of ether oxygens (including phenoxy) is 1. The molecule has 0 bridgehead atoms. The molecule has 0 aromatic rings. The maximum Gasteiger partial charge on any atom is 0.264 e. The highest BCUT2D eigenvalue weighted by Gasteiger charge is 2.02. The van der Waals surface area contributed by atoms with Gasteiger partial charge in [0.05, 0.1) is 11.5 Å². The summed E-state index contributed by atoms with van der Waals surface area (Å²) in [6, 6.07) is 0. The highest BCUT2D eigenvalue weighted by Crippen LogP contribution is 1.96. The summed E-state index contributed by atoms with van der Waals surface area (Å²) in [6.45, 7) is 2.34. The molecule has 0 saturated heterocycles. The minimum Gasteiger partial charge on any atom is -0.385 e. The summed E-state index contributed by atoms with van der Waals surface area (Å²) in [5.41, 5.74) is 0. The third-order valence-electron chi connectivity index (χ3n) is 1.76. The van der Waals surface area contributed by atoms with E-state index < -0.39 is 20.2 Å². The third kappa shape index (κ3) is 24.8. The highest BCUT2D eigenvalue weighted by atomic mass is 32.2. The summed E-state index contributed by atoms with van der Waals surface area (Å²) in [7, 11) is -6.00. The Hall–Kier alpha value is -0.220. The van der Waals surface area contributed by atoms with Crippen LogP contribution in [0.5, 0.6) is 0 Å². The molecule has 7 nitrogen and oxygen atoms in total. The van der Waals surface area contributed by atoms with Crippen molar-refractivity contribution in [3.63, 3.8) is 0 Å². The summed E-state index contributed by atoms with van der Waals surface area (Å²) in [6.07, 6.45) is 2.74. The lowest BCUT2D eigenvalue weighted by Gasteiger charge is -1.94. The second kappa shape index (κ2) is 10.7. The fourth-order valence-electron chi connectivity index (χ4n) is 0.920. The maximum absolute atomic E-state index is 10.1. The van der Waals surface area contributed by atoms with Crippen LogP contribution in [-0.4, -0.2) is 51.2 Å². The Morgan fingerprint density at radius 3 is 1.67 bits per heavy atom. The van der Waals surface area contributed by atoms with Gasteiger partial charge in [0.25, 0.3) is 20.2 Å².